The summed E-state index contributed by atoms with van der Waals surface area (Å²) in [6.45, 7) is 5.93. The van der Waals surface area contributed by atoms with Crippen molar-refractivity contribution in [1.29, 1.82) is 0 Å². The standard InChI is InChI=1S/C13H19F3N2O/c1-8(2)6-9(3)19-12-10(7-17)4-5-11(18-12)13(14,15)16/h4-5,8-9H,6-7,17H2,1-3H3. The fourth-order valence-electron chi connectivity index (χ4n) is 1.79. The summed E-state index contributed by atoms with van der Waals surface area (Å²) in [6, 6.07) is 2.23. The number of hydrogen-bond donors (Lipinski definition) is 1. The molecule has 1 unspecified atom stereocenters. The van der Waals surface area contributed by atoms with Crippen molar-refractivity contribution in [3.05, 3.63) is 23.4 Å². The van der Waals surface area contributed by atoms with Crippen molar-refractivity contribution >= 4 is 0 Å². The van der Waals surface area contributed by atoms with Crippen LogP contribution >= 0.6 is 0 Å². The maximum Gasteiger partial charge on any atom is 0.433 e. The first-order valence-electron chi connectivity index (χ1n) is 6.18. The van der Waals surface area contributed by atoms with E-state index >= 15 is 0 Å². The summed E-state index contributed by atoms with van der Waals surface area (Å²) in [5.74, 6) is 0.368. The molecule has 0 aliphatic heterocycles. The number of ether oxygens (including phenoxy) is 1. The molecule has 1 aromatic heterocycles. The van der Waals surface area contributed by atoms with E-state index in [4.69, 9.17) is 10.5 Å². The van der Waals surface area contributed by atoms with Crippen molar-refractivity contribution < 1.29 is 17.9 Å². The molecule has 0 aromatic carbocycles. The van der Waals surface area contributed by atoms with Crippen molar-refractivity contribution in [2.24, 2.45) is 11.7 Å². The highest BCUT2D eigenvalue weighted by Gasteiger charge is 2.33. The molecule has 0 fully saturated rings. The van der Waals surface area contributed by atoms with E-state index in [9.17, 15) is 13.2 Å². The Labute approximate surface area is 111 Å². The Bertz CT molecular complexity index is 419. The number of alkyl halides is 3. The summed E-state index contributed by atoms with van der Waals surface area (Å²) in [5.41, 5.74) is 5.00. The van der Waals surface area contributed by atoms with Crippen molar-refractivity contribution in [3.63, 3.8) is 0 Å². The minimum atomic E-state index is -4.48. The maximum atomic E-state index is 12.6. The average Bonchev–Trinajstić information content (AvgIpc) is 2.26. The molecule has 1 aromatic rings. The van der Waals surface area contributed by atoms with Crippen LogP contribution in [0.25, 0.3) is 0 Å². The molecule has 6 heteroatoms. The average molecular weight is 276 g/mol. The SMILES string of the molecule is CC(C)CC(C)Oc1nc(C(F)(F)F)ccc1CN. The molecule has 0 amide bonds. The third-order valence-electron chi connectivity index (χ3n) is 2.57. The van der Waals surface area contributed by atoms with Gasteiger partial charge in [-0.3, -0.25) is 0 Å². The van der Waals surface area contributed by atoms with Gasteiger partial charge in [-0.05, 0) is 25.3 Å². The lowest BCUT2D eigenvalue weighted by atomic mass is 10.1. The summed E-state index contributed by atoms with van der Waals surface area (Å²) < 4.78 is 43.3. The van der Waals surface area contributed by atoms with Gasteiger partial charge in [0, 0.05) is 12.1 Å². The highest BCUT2D eigenvalue weighted by atomic mass is 19.4. The van der Waals surface area contributed by atoms with Crippen LogP contribution in [0.1, 0.15) is 38.4 Å². The highest BCUT2D eigenvalue weighted by Crippen LogP contribution is 2.30. The summed E-state index contributed by atoms with van der Waals surface area (Å²) in [7, 11) is 0. The van der Waals surface area contributed by atoms with Crippen LogP contribution in [0.15, 0.2) is 12.1 Å². The molecule has 0 saturated carbocycles. The van der Waals surface area contributed by atoms with E-state index in [2.05, 4.69) is 4.98 Å². The molecular formula is C13H19F3N2O. The van der Waals surface area contributed by atoms with E-state index in [0.29, 0.717) is 11.5 Å². The van der Waals surface area contributed by atoms with Crippen molar-refractivity contribution in [1.82, 2.24) is 4.98 Å². The predicted octanol–water partition coefficient (Wildman–Crippen LogP) is 3.37. The fraction of sp³-hybridized carbons (Fsp3) is 0.615. The third-order valence-corrected chi connectivity index (χ3v) is 2.57. The first kappa shape index (κ1) is 15.8. The Hall–Kier alpha value is -1.30. The molecule has 0 bridgehead atoms. The Morgan fingerprint density at radius 1 is 1.26 bits per heavy atom. The number of hydrogen-bond acceptors (Lipinski definition) is 3. The second-order valence-corrected chi connectivity index (χ2v) is 4.92. The molecule has 19 heavy (non-hydrogen) atoms. The molecule has 3 nitrogen and oxygen atoms in total. The first-order valence-corrected chi connectivity index (χ1v) is 6.18. The minimum Gasteiger partial charge on any atom is -0.474 e. The van der Waals surface area contributed by atoms with E-state index in [0.717, 1.165) is 12.5 Å². The van der Waals surface area contributed by atoms with Crippen LogP contribution in [0.4, 0.5) is 13.2 Å². The van der Waals surface area contributed by atoms with Crippen LogP contribution in [0.5, 0.6) is 5.88 Å². The van der Waals surface area contributed by atoms with Gasteiger partial charge in [-0.1, -0.05) is 19.9 Å². The van der Waals surface area contributed by atoms with Crippen LogP contribution in [0.3, 0.4) is 0 Å². The van der Waals surface area contributed by atoms with E-state index in [1.807, 2.05) is 20.8 Å². The number of pyridine rings is 1. The van der Waals surface area contributed by atoms with Crippen LogP contribution < -0.4 is 10.5 Å². The number of rotatable bonds is 5. The molecule has 0 radical (unpaired) electrons. The molecule has 1 atom stereocenters. The van der Waals surface area contributed by atoms with Crippen LogP contribution in [0, 0.1) is 5.92 Å². The molecule has 2 N–H and O–H groups in total. The van der Waals surface area contributed by atoms with Gasteiger partial charge in [-0.2, -0.15) is 13.2 Å². The number of aromatic nitrogens is 1. The minimum absolute atomic E-state index is 0.0227. The topological polar surface area (TPSA) is 48.1 Å². The summed E-state index contributed by atoms with van der Waals surface area (Å²) in [6.07, 6.45) is -3.95. The quantitative estimate of drug-likeness (QED) is 0.897. The van der Waals surface area contributed by atoms with Crippen molar-refractivity contribution in [2.45, 2.75) is 46.0 Å². The lowest BCUT2D eigenvalue weighted by Crippen LogP contribution is -2.18. The van der Waals surface area contributed by atoms with Crippen LogP contribution in [0.2, 0.25) is 0 Å². The van der Waals surface area contributed by atoms with Gasteiger partial charge in [0.05, 0.1) is 6.10 Å². The zero-order valence-corrected chi connectivity index (χ0v) is 11.3. The van der Waals surface area contributed by atoms with Gasteiger partial charge in [0.1, 0.15) is 5.69 Å². The van der Waals surface area contributed by atoms with Gasteiger partial charge in [0.25, 0.3) is 0 Å². The zero-order chi connectivity index (χ0) is 14.6. The van der Waals surface area contributed by atoms with E-state index in [-0.39, 0.29) is 18.5 Å². The maximum absolute atomic E-state index is 12.6. The van der Waals surface area contributed by atoms with Gasteiger partial charge in [-0.25, -0.2) is 4.98 Å². The van der Waals surface area contributed by atoms with Gasteiger partial charge in [0.2, 0.25) is 5.88 Å². The second kappa shape index (κ2) is 6.23. The third kappa shape index (κ3) is 4.70. The summed E-state index contributed by atoms with van der Waals surface area (Å²) in [4.78, 5) is 3.53. The molecule has 1 rings (SSSR count). The number of nitrogens with zero attached hydrogens (tertiary/aromatic N) is 1. The summed E-state index contributed by atoms with van der Waals surface area (Å²) in [5, 5.41) is 0. The Morgan fingerprint density at radius 3 is 2.37 bits per heavy atom. The normalized spacial score (nSPS) is 13.7. The van der Waals surface area contributed by atoms with E-state index < -0.39 is 11.9 Å². The van der Waals surface area contributed by atoms with Gasteiger partial charge in [-0.15, -0.1) is 0 Å². The highest BCUT2D eigenvalue weighted by molar-refractivity contribution is 5.29. The Kier molecular flexibility index (Phi) is 5.17. The lowest BCUT2D eigenvalue weighted by Gasteiger charge is -2.18. The predicted molar refractivity (Wildman–Crippen MR) is 66.7 cm³/mol. The first-order chi connectivity index (χ1) is 8.74. The van der Waals surface area contributed by atoms with Crippen LogP contribution in [-0.4, -0.2) is 11.1 Å². The molecular weight excluding hydrogens is 257 g/mol. The summed E-state index contributed by atoms with van der Waals surface area (Å²) >= 11 is 0. The Balaban J connectivity index is 2.96. The van der Waals surface area contributed by atoms with Crippen molar-refractivity contribution in [2.75, 3.05) is 0 Å². The number of halogens is 3. The fourth-order valence-corrected chi connectivity index (χ4v) is 1.79. The molecule has 0 aliphatic carbocycles. The molecule has 1 heterocycles. The van der Waals surface area contributed by atoms with Crippen LogP contribution in [-0.2, 0) is 12.7 Å². The van der Waals surface area contributed by atoms with E-state index in [1.54, 1.807) is 0 Å². The van der Waals surface area contributed by atoms with Crippen molar-refractivity contribution in [3.8, 4) is 5.88 Å². The smallest absolute Gasteiger partial charge is 0.433 e. The molecule has 108 valence electrons. The second-order valence-electron chi connectivity index (χ2n) is 4.92. The zero-order valence-electron chi connectivity index (χ0n) is 11.3. The molecule has 0 saturated heterocycles. The largest absolute Gasteiger partial charge is 0.474 e. The Morgan fingerprint density at radius 2 is 1.89 bits per heavy atom. The van der Waals surface area contributed by atoms with Gasteiger partial charge in [0.15, 0.2) is 0 Å². The lowest BCUT2D eigenvalue weighted by molar-refractivity contribution is -0.141. The van der Waals surface area contributed by atoms with Gasteiger partial charge >= 0.3 is 6.18 Å². The monoisotopic (exact) mass is 276 g/mol. The van der Waals surface area contributed by atoms with Gasteiger partial charge < -0.3 is 10.5 Å². The number of nitrogens with two attached hydrogens (primary N) is 1. The molecule has 0 aliphatic rings. The van der Waals surface area contributed by atoms with E-state index in [1.165, 1.54) is 6.07 Å². The molecule has 0 spiro atoms.